The van der Waals surface area contributed by atoms with Crippen molar-refractivity contribution in [1.82, 2.24) is 9.59 Å². The quantitative estimate of drug-likeness (QED) is 0.707. The van der Waals surface area contributed by atoms with Crippen LogP contribution in [0.4, 0.5) is 0 Å². The summed E-state index contributed by atoms with van der Waals surface area (Å²) in [5.41, 5.74) is 1.26. The number of rotatable bonds is 2. The lowest BCUT2D eigenvalue weighted by Crippen LogP contribution is -2.03. The van der Waals surface area contributed by atoms with Gasteiger partial charge in [-0.05, 0) is 36.7 Å². The number of nitrogens with zero attached hydrogens (tertiary/aromatic N) is 2. The van der Waals surface area contributed by atoms with E-state index in [-0.39, 0.29) is 5.97 Å². The van der Waals surface area contributed by atoms with Crippen molar-refractivity contribution in [1.29, 1.82) is 0 Å². The number of benzene rings is 1. The van der Waals surface area contributed by atoms with Crippen molar-refractivity contribution in [3.8, 4) is 0 Å². The molecule has 5 heteroatoms. The SMILES string of the molecule is CCOC(=O)c1ccc2snnc2c1. The van der Waals surface area contributed by atoms with Gasteiger partial charge in [0.2, 0.25) is 0 Å². The lowest BCUT2D eigenvalue weighted by molar-refractivity contribution is 0.0526. The van der Waals surface area contributed by atoms with Gasteiger partial charge in [-0.2, -0.15) is 0 Å². The number of esters is 1. The largest absolute Gasteiger partial charge is 0.462 e. The van der Waals surface area contributed by atoms with E-state index in [0.717, 1.165) is 10.2 Å². The van der Waals surface area contributed by atoms with E-state index < -0.39 is 0 Å². The second-order valence-corrected chi connectivity index (χ2v) is 3.46. The van der Waals surface area contributed by atoms with Crippen molar-refractivity contribution >= 4 is 27.7 Å². The van der Waals surface area contributed by atoms with Crippen molar-refractivity contribution in [2.75, 3.05) is 6.61 Å². The Morgan fingerprint density at radius 2 is 2.43 bits per heavy atom. The molecule has 2 rings (SSSR count). The Hall–Kier alpha value is -1.49. The maximum Gasteiger partial charge on any atom is 0.338 e. The first kappa shape index (κ1) is 9.08. The van der Waals surface area contributed by atoms with Gasteiger partial charge in [0.05, 0.1) is 16.9 Å². The summed E-state index contributed by atoms with van der Waals surface area (Å²) in [5.74, 6) is -0.317. The number of carbonyl (C=O) groups excluding carboxylic acids is 1. The zero-order chi connectivity index (χ0) is 9.97. The lowest BCUT2D eigenvalue weighted by atomic mass is 10.2. The Balaban J connectivity index is 2.38. The average Bonchev–Trinajstić information content (AvgIpc) is 2.64. The van der Waals surface area contributed by atoms with Gasteiger partial charge in [-0.3, -0.25) is 0 Å². The van der Waals surface area contributed by atoms with Gasteiger partial charge in [-0.15, -0.1) is 5.10 Å². The van der Waals surface area contributed by atoms with Crippen molar-refractivity contribution < 1.29 is 9.53 Å². The first-order valence-electron chi connectivity index (χ1n) is 4.20. The van der Waals surface area contributed by atoms with Crippen LogP contribution in [0, 0.1) is 0 Å². The van der Waals surface area contributed by atoms with E-state index in [1.807, 2.05) is 6.07 Å². The van der Waals surface area contributed by atoms with E-state index in [4.69, 9.17) is 4.74 Å². The summed E-state index contributed by atoms with van der Waals surface area (Å²) in [5, 5.41) is 3.88. The van der Waals surface area contributed by atoms with Gasteiger partial charge in [-0.1, -0.05) is 4.49 Å². The Morgan fingerprint density at radius 3 is 3.21 bits per heavy atom. The van der Waals surface area contributed by atoms with Crippen LogP contribution in [0.5, 0.6) is 0 Å². The predicted octanol–water partition coefficient (Wildman–Crippen LogP) is 1.87. The molecule has 0 aliphatic rings. The molecule has 0 atom stereocenters. The lowest BCUT2D eigenvalue weighted by Gasteiger charge is -2.00. The zero-order valence-electron chi connectivity index (χ0n) is 7.56. The molecule has 0 fully saturated rings. The topological polar surface area (TPSA) is 52.1 Å². The smallest absolute Gasteiger partial charge is 0.338 e. The molecule has 0 N–H and O–H groups in total. The monoisotopic (exact) mass is 208 g/mol. The molecule has 0 aliphatic carbocycles. The molecule has 0 saturated carbocycles. The average molecular weight is 208 g/mol. The van der Waals surface area contributed by atoms with Crippen LogP contribution >= 0.6 is 11.5 Å². The fourth-order valence-corrected chi connectivity index (χ4v) is 1.66. The summed E-state index contributed by atoms with van der Waals surface area (Å²) in [6.07, 6.45) is 0. The van der Waals surface area contributed by atoms with Crippen LogP contribution in [0.15, 0.2) is 18.2 Å². The van der Waals surface area contributed by atoms with Crippen molar-refractivity contribution in [3.63, 3.8) is 0 Å². The molecule has 2 aromatic rings. The van der Waals surface area contributed by atoms with E-state index in [2.05, 4.69) is 9.59 Å². The summed E-state index contributed by atoms with van der Waals surface area (Å²) in [7, 11) is 0. The molecule has 4 nitrogen and oxygen atoms in total. The second kappa shape index (κ2) is 3.71. The Kier molecular flexibility index (Phi) is 2.41. The summed E-state index contributed by atoms with van der Waals surface area (Å²) in [6.45, 7) is 2.16. The summed E-state index contributed by atoms with van der Waals surface area (Å²) in [6, 6.07) is 5.24. The number of fused-ring (bicyclic) bond motifs is 1. The third-order valence-corrected chi connectivity index (χ3v) is 2.46. The highest BCUT2D eigenvalue weighted by atomic mass is 32.1. The molecule has 0 aliphatic heterocycles. The zero-order valence-corrected chi connectivity index (χ0v) is 8.37. The van der Waals surface area contributed by atoms with Crippen LogP contribution in [0.1, 0.15) is 17.3 Å². The second-order valence-electron chi connectivity index (χ2n) is 2.68. The van der Waals surface area contributed by atoms with Crippen LogP contribution in [0.25, 0.3) is 10.2 Å². The van der Waals surface area contributed by atoms with Gasteiger partial charge in [0.15, 0.2) is 0 Å². The number of aromatic nitrogens is 2. The Labute approximate surface area is 84.7 Å². The third-order valence-electron chi connectivity index (χ3n) is 1.76. The molecule has 1 heterocycles. The maximum absolute atomic E-state index is 11.3. The molecule has 72 valence electrons. The van der Waals surface area contributed by atoms with Gasteiger partial charge in [0, 0.05) is 0 Å². The van der Waals surface area contributed by atoms with Crippen molar-refractivity contribution in [2.45, 2.75) is 6.92 Å². The van der Waals surface area contributed by atoms with Crippen LogP contribution in [0.3, 0.4) is 0 Å². The van der Waals surface area contributed by atoms with Crippen LogP contribution < -0.4 is 0 Å². The highest BCUT2D eigenvalue weighted by Crippen LogP contribution is 2.17. The number of hydrogen-bond acceptors (Lipinski definition) is 5. The Morgan fingerprint density at radius 1 is 1.57 bits per heavy atom. The first-order chi connectivity index (χ1) is 6.81. The van der Waals surface area contributed by atoms with Gasteiger partial charge in [0.25, 0.3) is 0 Å². The number of hydrogen-bond donors (Lipinski definition) is 0. The molecule has 1 aromatic carbocycles. The van der Waals surface area contributed by atoms with E-state index in [9.17, 15) is 4.79 Å². The minimum Gasteiger partial charge on any atom is -0.462 e. The summed E-state index contributed by atoms with van der Waals surface area (Å²) >= 11 is 1.31. The molecular weight excluding hydrogens is 200 g/mol. The fourth-order valence-electron chi connectivity index (χ4n) is 1.12. The van der Waals surface area contributed by atoms with Gasteiger partial charge in [0.1, 0.15) is 5.52 Å². The van der Waals surface area contributed by atoms with E-state index in [1.165, 1.54) is 11.5 Å². The van der Waals surface area contributed by atoms with Gasteiger partial charge >= 0.3 is 5.97 Å². The van der Waals surface area contributed by atoms with Crippen LogP contribution in [-0.4, -0.2) is 22.2 Å². The molecule has 0 spiro atoms. The number of ether oxygens (including phenoxy) is 1. The molecule has 14 heavy (non-hydrogen) atoms. The molecule has 1 aromatic heterocycles. The molecular formula is C9H8N2O2S. The molecule has 0 unspecified atom stereocenters. The maximum atomic E-state index is 11.3. The Bertz CT molecular complexity index is 467. The van der Waals surface area contributed by atoms with Crippen molar-refractivity contribution in [3.05, 3.63) is 23.8 Å². The molecule has 0 saturated heterocycles. The highest BCUT2D eigenvalue weighted by molar-refractivity contribution is 7.12. The minimum absolute atomic E-state index is 0.317. The minimum atomic E-state index is -0.317. The summed E-state index contributed by atoms with van der Waals surface area (Å²) in [4.78, 5) is 11.3. The van der Waals surface area contributed by atoms with E-state index in [0.29, 0.717) is 12.2 Å². The normalized spacial score (nSPS) is 10.4. The van der Waals surface area contributed by atoms with Crippen LogP contribution in [-0.2, 0) is 4.74 Å². The fraction of sp³-hybridized carbons (Fsp3) is 0.222. The van der Waals surface area contributed by atoms with Crippen LogP contribution in [0.2, 0.25) is 0 Å². The van der Waals surface area contributed by atoms with Crippen molar-refractivity contribution in [2.24, 2.45) is 0 Å². The standard InChI is InChI=1S/C9H8N2O2S/c1-2-13-9(12)6-3-4-8-7(5-6)10-11-14-8/h3-5H,2H2,1H3. The van der Waals surface area contributed by atoms with Gasteiger partial charge in [-0.25, -0.2) is 4.79 Å². The molecule has 0 radical (unpaired) electrons. The summed E-state index contributed by atoms with van der Waals surface area (Å²) < 4.78 is 9.63. The first-order valence-corrected chi connectivity index (χ1v) is 4.98. The predicted molar refractivity (Wildman–Crippen MR) is 53.4 cm³/mol. The highest BCUT2D eigenvalue weighted by Gasteiger charge is 2.08. The number of carbonyl (C=O) groups is 1. The third kappa shape index (κ3) is 1.58. The van der Waals surface area contributed by atoms with Gasteiger partial charge < -0.3 is 4.74 Å². The molecule has 0 bridgehead atoms. The van der Waals surface area contributed by atoms with E-state index >= 15 is 0 Å². The van der Waals surface area contributed by atoms with E-state index in [1.54, 1.807) is 19.1 Å². The molecule has 0 amide bonds.